The third-order valence-electron chi connectivity index (χ3n) is 8.42. The summed E-state index contributed by atoms with van der Waals surface area (Å²) in [7, 11) is 4.83. The summed E-state index contributed by atoms with van der Waals surface area (Å²) < 4.78 is 29.5. The van der Waals surface area contributed by atoms with Crippen LogP contribution in [-0.4, -0.2) is 84.6 Å². The van der Waals surface area contributed by atoms with Gasteiger partial charge in [0.25, 0.3) is 5.56 Å². The van der Waals surface area contributed by atoms with E-state index in [1.54, 1.807) is 46.9 Å². The molecule has 0 spiro atoms. The summed E-state index contributed by atoms with van der Waals surface area (Å²) in [6, 6.07) is 7.14. The Morgan fingerprint density at radius 3 is 2.24 bits per heavy atom. The minimum absolute atomic E-state index is 0.0155. The fraction of sp³-hybridized carbons (Fsp3) is 0.455. The molecule has 2 aromatic heterocycles. The third-order valence-corrected chi connectivity index (χ3v) is 8.42. The predicted molar refractivity (Wildman–Crippen MR) is 168 cm³/mol. The minimum atomic E-state index is -0.575. The minimum Gasteiger partial charge on any atom is -0.493 e. The van der Waals surface area contributed by atoms with Crippen LogP contribution in [0, 0.1) is 5.92 Å². The summed E-state index contributed by atoms with van der Waals surface area (Å²) in [5.41, 5.74) is 0.527. The zero-order valence-corrected chi connectivity index (χ0v) is 26.5. The molecule has 238 valence electrons. The van der Waals surface area contributed by atoms with Crippen molar-refractivity contribution in [2.24, 2.45) is 5.92 Å². The monoisotopic (exact) mass is 618 g/mol. The Morgan fingerprint density at radius 1 is 0.956 bits per heavy atom. The highest BCUT2D eigenvalue weighted by Crippen LogP contribution is 2.40. The molecule has 0 N–H and O–H groups in total. The molecule has 4 heterocycles. The molecule has 1 fully saturated rings. The van der Waals surface area contributed by atoms with Gasteiger partial charge in [-0.05, 0) is 51.8 Å². The van der Waals surface area contributed by atoms with Crippen molar-refractivity contribution >= 4 is 44.6 Å². The van der Waals surface area contributed by atoms with Gasteiger partial charge in [0.1, 0.15) is 5.60 Å². The molecule has 45 heavy (non-hydrogen) atoms. The highest BCUT2D eigenvalue weighted by atomic mass is 16.7. The van der Waals surface area contributed by atoms with E-state index in [0.717, 1.165) is 10.8 Å². The maximum Gasteiger partial charge on any atom is 0.410 e. The lowest BCUT2D eigenvalue weighted by Gasteiger charge is -2.34. The lowest BCUT2D eigenvalue weighted by molar-refractivity contribution is -0.135. The molecule has 2 aliphatic rings. The zero-order chi connectivity index (χ0) is 32.0. The SMILES string of the molecule is COc1cc2c(=O)n(CCN(C)C(=O)C3CCN(C(=O)OC(C)(C)C)CC3)c3c4cc5c(cc4ncc3c2cc1OC)OCO5. The van der Waals surface area contributed by atoms with Gasteiger partial charge in [0.15, 0.2) is 23.0 Å². The van der Waals surface area contributed by atoms with E-state index in [4.69, 9.17) is 28.7 Å². The first-order chi connectivity index (χ1) is 21.5. The molecular weight excluding hydrogens is 580 g/mol. The first-order valence-electron chi connectivity index (χ1n) is 15.0. The zero-order valence-electron chi connectivity index (χ0n) is 26.5. The maximum atomic E-state index is 14.2. The normalized spacial score (nSPS) is 15.1. The number of fused-ring (bicyclic) bond motifs is 6. The second-order valence-electron chi connectivity index (χ2n) is 12.5. The summed E-state index contributed by atoms with van der Waals surface area (Å²) in [4.78, 5) is 48.2. The lowest BCUT2D eigenvalue weighted by Crippen LogP contribution is -2.45. The molecule has 6 rings (SSSR count). The molecule has 2 amide bonds. The van der Waals surface area contributed by atoms with Crippen molar-refractivity contribution in [3.63, 3.8) is 0 Å². The van der Waals surface area contributed by atoms with E-state index in [-0.39, 0.29) is 36.8 Å². The number of ether oxygens (including phenoxy) is 5. The first-order valence-corrected chi connectivity index (χ1v) is 15.0. The van der Waals surface area contributed by atoms with Crippen LogP contribution in [0.1, 0.15) is 33.6 Å². The number of hydrogen-bond acceptors (Lipinski definition) is 9. The largest absolute Gasteiger partial charge is 0.493 e. The van der Waals surface area contributed by atoms with Gasteiger partial charge in [-0.25, -0.2) is 4.79 Å². The molecule has 1 saturated heterocycles. The van der Waals surface area contributed by atoms with Gasteiger partial charge in [-0.3, -0.25) is 14.6 Å². The number of carbonyl (C=O) groups is 2. The van der Waals surface area contributed by atoms with Crippen LogP contribution in [-0.2, 0) is 16.1 Å². The van der Waals surface area contributed by atoms with E-state index in [2.05, 4.69) is 0 Å². The Balaban J connectivity index is 1.33. The van der Waals surface area contributed by atoms with Gasteiger partial charge in [0, 0.05) is 67.6 Å². The third kappa shape index (κ3) is 5.65. The van der Waals surface area contributed by atoms with E-state index in [1.165, 1.54) is 7.11 Å². The van der Waals surface area contributed by atoms with Crippen LogP contribution < -0.4 is 24.5 Å². The molecule has 0 aliphatic carbocycles. The van der Waals surface area contributed by atoms with Gasteiger partial charge in [-0.15, -0.1) is 0 Å². The molecule has 12 heteroatoms. The predicted octanol–water partition coefficient (Wildman–Crippen LogP) is 4.55. The lowest BCUT2D eigenvalue weighted by atomic mass is 9.95. The van der Waals surface area contributed by atoms with Gasteiger partial charge >= 0.3 is 6.09 Å². The van der Waals surface area contributed by atoms with Crippen LogP contribution in [0.5, 0.6) is 23.0 Å². The number of methoxy groups -OCH3 is 2. The number of carbonyl (C=O) groups excluding carboxylic acids is 2. The second-order valence-corrected chi connectivity index (χ2v) is 12.5. The molecule has 4 aromatic rings. The van der Waals surface area contributed by atoms with Gasteiger partial charge in [-0.2, -0.15) is 0 Å². The van der Waals surface area contributed by atoms with Crippen molar-refractivity contribution in [1.82, 2.24) is 19.4 Å². The quantitative estimate of drug-likeness (QED) is 0.287. The Hall–Kier alpha value is -4.74. The highest BCUT2D eigenvalue weighted by molar-refractivity contribution is 6.15. The van der Waals surface area contributed by atoms with Crippen molar-refractivity contribution in [3.8, 4) is 23.0 Å². The Labute approximate surface area is 260 Å². The summed E-state index contributed by atoms with van der Waals surface area (Å²) in [5, 5.41) is 2.61. The number of aromatic nitrogens is 2. The number of piperidine rings is 1. The van der Waals surface area contributed by atoms with Gasteiger partial charge in [0.2, 0.25) is 12.7 Å². The molecular formula is C33H38N4O8. The number of rotatable bonds is 6. The van der Waals surface area contributed by atoms with Crippen LogP contribution in [0.15, 0.2) is 35.3 Å². The molecule has 0 unspecified atom stereocenters. The summed E-state index contributed by atoms with van der Waals surface area (Å²) >= 11 is 0. The molecule has 0 saturated carbocycles. The van der Waals surface area contributed by atoms with Crippen LogP contribution >= 0.6 is 0 Å². The number of likely N-dealkylation sites (tertiary alicyclic amines) is 1. The number of likely N-dealkylation sites (N-methyl/N-ethyl adjacent to an activating group) is 1. The Morgan fingerprint density at radius 2 is 1.60 bits per heavy atom. The van der Waals surface area contributed by atoms with Gasteiger partial charge in [-0.1, -0.05) is 0 Å². The molecule has 12 nitrogen and oxygen atoms in total. The van der Waals surface area contributed by atoms with Crippen LogP contribution in [0.25, 0.3) is 32.6 Å². The maximum absolute atomic E-state index is 14.2. The molecule has 2 aromatic carbocycles. The van der Waals surface area contributed by atoms with Crippen molar-refractivity contribution in [2.75, 3.05) is 47.7 Å². The van der Waals surface area contributed by atoms with E-state index in [1.807, 2.05) is 32.9 Å². The second kappa shape index (κ2) is 11.6. The van der Waals surface area contributed by atoms with E-state index < -0.39 is 5.60 Å². The topological polar surface area (TPSA) is 122 Å². The number of pyridine rings is 2. The average Bonchev–Trinajstić information content (AvgIpc) is 3.49. The fourth-order valence-corrected chi connectivity index (χ4v) is 6.10. The standard InChI is InChI=1S/C33H38N4O8/c1-33(2,3)45-32(40)36-9-7-19(8-10-36)30(38)35(4)11-12-37-29-22-15-27-28(44-18-43-27)16-24(22)34-17-23(29)20-13-25(41-5)26(42-6)14-21(20)31(37)39/h13-17,19H,7-12,18H2,1-6H3. The Kier molecular flexibility index (Phi) is 7.84. The summed E-state index contributed by atoms with van der Waals surface area (Å²) in [5.74, 6) is 1.87. The van der Waals surface area contributed by atoms with Crippen LogP contribution in [0.4, 0.5) is 4.79 Å². The van der Waals surface area contributed by atoms with Crippen molar-refractivity contribution in [1.29, 1.82) is 0 Å². The van der Waals surface area contributed by atoms with Crippen LogP contribution in [0.2, 0.25) is 0 Å². The first kappa shape index (κ1) is 30.3. The summed E-state index contributed by atoms with van der Waals surface area (Å²) in [6.07, 6.45) is 2.48. The average molecular weight is 619 g/mol. The van der Waals surface area contributed by atoms with Crippen LogP contribution in [0.3, 0.4) is 0 Å². The number of amides is 2. The molecule has 0 bridgehead atoms. The molecule has 0 atom stereocenters. The van der Waals surface area contributed by atoms with Crippen molar-refractivity contribution in [2.45, 2.75) is 45.8 Å². The smallest absolute Gasteiger partial charge is 0.410 e. The number of benzene rings is 2. The number of hydrogen-bond donors (Lipinski definition) is 0. The summed E-state index contributed by atoms with van der Waals surface area (Å²) in [6.45, 7) is 7.06. The molecule has 0 radical (unpaired) electrons. The number of nitrogens with zero attached hydrogens (tertiary/aromatic N) is 4. The van der Waals surface area contributed by atoms with E-state index in [0.29, 0.717) is 77.3 Å². The highest BCUT2D eigenvalue weighted by Gasteiger charge is 2.31. The van der Waals surface area contributed by atoms with Crippen molar-refractivity contribution in [3.05, 3.63) is 40.8 Å². The van der Waals surface area contributed by atoms with E-state index in [9.17, 15) is 14.4 Å². The van der Waals surface area contributed by atoms with Crippen molar-refractivity contribution < 1.29 is 33.3 Å². The fourth-order valence-electron chi connectivity index (χ4n) is 6.10. The Bertz CT molecular complexity index is 1870. The van der Waals surface area contributed by atoms with Gasteiger partial charge < -0.3 is 38.1 Å². The molecule has 2 aliphatic heterocycles. The van der Waals surface area contributed by atoms with Gasteiger partial charge in [0.05, 0.1) is 30.6 Å². The van der Waals surface area contributed by atoms with E-state index >= 15 is 0 Å².